The zero-order valence-corrected chi connectivity index (χ0v) is 15.7. The van der Waals surface area contributed by atoms with Crippen LogP contribution in [0.2, 0.25) is 0 Å². The Kier molecular flexibility index (Phi) is 8.05. The van der Waals surface area contributed by atoms with Gasteiger partial charge in [-0.2, -0.15) is 0 Å². The molecular formula is C16H25BrN4O2. The lowest BCUT2D eigenvalue weighted by molar-refractivity contribution is 0.0268. The van der Waals surface area contributed by atoms with Crippen LogP contribution in [-0.4, -0.2) is 51.3 Å². The van der Waals surface area contributed by atoms with Gasteiger partial charge in [0, 0.05) is 43.8 Å². The molecule has 1 amide bonds. The molecule has 0 atom stereocenters. The van der Waals surface area contributed by atoms with Crippen LogP contribution in [0.5, 0.6) is 0 Å². The number of rotatable bonds is 7. The first-order valence-electron chi connectivity index (χ1n) is 7.41. The highest BCUT2D eigenvalue weighted by Gasteiger charge is 2.16. The van der Waals surface area contributed by atoms with Crippen LogP contribution < -0.4 is 16.0 Å². The van der Waals surface area contributed by atoms with E-state index in [9.17, 15) is 4.79 Å². The molecule has 0 saturated heterocycles. The molecule has 0 aliphatic rings. The zero-order valence-electron chi connectivity index (χ0n) is 14.1. The number of amides is 1. The third kappa shape index (κ3) is 7.47. The van der Waals surface area contributed by atoms with Crippen molar-refractivity contribution in [1.29, 1.82) is 0 Å². The molecule has 0 aliphatic carbocycles. The van der Waals surface area contributed by atoms with Crippen molar-refractivity contribution >= 4 is 27.8 Å². The van der Waals surface area contributed by atoms with Gasteiger partial charge in [-0.15, -0.1) is 0 Å². The summed E-state index contributed by atoms with van der Waals surface area (Å²) < 4.78 is 6.23. The molecule has 1 aromatic rings. The molecular weight excluding hydrogens is 360 g/mol. The van der Waals surface area contributed by atoms with Crippen LogP contribution in [0.1, 0.15) is 24.2 Å². The normalized spacial score (nSPS) is 12.0. The molecule has 0 aromatic heterocycles. The van der Waals surface area contributed by atoms with E-state index in [1.165, 1.54) is 0 Å². The van der Waals surface area contributed by atoms with Gasteiger partial charge in [0.25, 0.3) is 5.91 Å². The molecule has 23 heavy (non-hydrogen) atoms. The average molecular weight is 385 g/mol. The van der Waals surface area contributed by atoms with E-state index in [0.29, 0.717) is 31.2 Å². The zero-order chi connectivity index (χ0) is 17.3. The van der Waals surface area contributed by atoms with Gasteiger partial charge in [0.2, 0.25) is 0 Å². The lowest BCUT2D eigenvalue weighted by Gasteiger charge is -2.24. The first-order valence-corrected chi connectivity index (χ1v) is 8.20. The molecule has 6 nitrogen and oxygen atoms in total. The van der Waals surface area contributed by atoms with Crippen molar-refractivity contribution in [2.45, 2.75) is 19.4 Å². The molecule has 0 spiro atoms. The fourth-order valence-corrected chi connectivity index (χ4v) is 2.08. The van der Waals surface area contributed by atoms with Crippen molar-refractivity contribution in [1.82, 2.24) is 16.0 Å². The number of methoxy groups -OCH3 is 1. The lowest BCUT2D eigenvalue weighted by atomic mass is 10.1. The molecule has 7 heteroatoms. The predicted octanol–water partition coefficient (Wildman–Crippen LogP) is 1.77. The Morgan fingerprint density at radius 2 is 1.96 bits per heavy atom. The summed E-state index contributed by atoms with van der Waals surface area (Å²) in [4.78, 5) is 16.1. The van der Waals surface area contributed by atoms with Gasteiger partial charge in [0.15, 0.2) is 5.96 Å². The summed E-state index contributed by atoms with van der Waals surface area (Å²) in [5.74, 6) is 0.573. The lowest BCUT2D eigenvalue weighted by Crippen LogP contribution is -2.46. The molecule has 0 aliphatic heterocycles. The van der Waals surface area contributed by atoms with Gasteiger partial charge in [-0.05, 0) is 32.0 Å². The summed E-state index contributed by atoms with van der Waals surface area (Å²) in [5, 5.41) is 9.19. The van der Waals surface area contributed by atoms with Crippen LogP contribution >= 0.6 is 15.9 Å². The maximum Gasteiger partial charge on any atom is 0.251 e. The highest BCUT2D eigenvalue weighted by molar-refractivity contribution is 9.10. The average Bonchev–Trinajstić information content (AvgIpc) is 2.54. The molecule has 0 saturated carbocycles. The number of halogens is 1. The first-order chi connectivity index (χ1) is 10.9. The number of carbonyl (C=O) groups is 1. The summed E-state index contributed by atoms with van der Waals surface area (Å²) in [6.07, 6.45) is 0. The van der Waals surface area contributed by atoms with E-state index < -0.39 is 0 Å². The second-order valence-electron chi connectivity index (χ2n) is 5.58. The molecule has 0 unspecified atom stereocenters. The van der Waals surface area contributed by atoms with Crippen LogP contribution in [0.25, 0.3) is 0 Å². The number of hydrogen-bond donors (Lipinski definition) is 3. The summed E-state index contributed by atoms with van der Waals surface area (Å²) in [7, 11) is 3.38. The van der Waals surface area contributed by atoms with Gasteiger partial charge in [-0.3, -0.25) is 9.79 Å². The van der Waals surface area contributed by atoms with Crippen molar-refractivity contribution in [3.05, 3.63) is 34.3 Å². The van der Waals surface area contributed by atoms with E-state index in [1.54, 1.807) is 26.3 Å². The highest BCUT2D eigenvalue weighted by atomic mass is 79.9. The van der Waals surface area contributed by atoms with Crippen molar-refractivity contribution in [2.24, 2.45) is 4.99 Å². The van der Waals surface area contributed by atoms with Gasteiger partial charge < -0.3 is 20.7 Å². The summed E-state index contributed by atoms with van der Waals surface area (Å²) in [6, 6.07) is 7.28. The highest BCUT2D eigenvalue weighted by Crippen LogP contribution is 2.11. The molecule has 0 radical (unpaired) electrons. The van der Waals surface area contributed by atoms with Crippen molar-refractivity contribution in [3.8, 4) is 0 Å². The summed E-state index contributed by atoms with van der Waals surface area (Å²) in [6.45, 7) is 5.69. The summed E-state index contributed by atoms with van der Waals surface area (Å²) in [5.41, 5.74) is 0.357. The van der Waals surface area contributed by atoms with Gasteiger partial charge in [-0.25, -0.2) is 0 Å². The maximum absolute atomic E-state index is 12.0. The van der Waals surface area contributed by atoms with Crippen molar-refractivity contribution in [3.63, 3.8) is 0 Å². The number of guanidine groups is 1. The molecule has 0 heterocycles. The quantitative estimate of drug-likeness (QED) is 0.380. The van der Waals surface area contributed by atoms with Crippen molar-refractivity contribution in [2.75, 3.05) is 33.8 Å². The van der Waals surface area contributed by atoms with Gasteiger partial charge in [-0.1, -0.05) is 22.0 Å². The van der Waals surface area contributed by atoms with E-state index in [4.69, 9.17) is 4.74 Å². The molecule has 1 rings (SSSR count). The largest absolute Gasteiger partial charge is 0.377 e. The smallest absolute Gasteiger partial charge is 0.251 e. The van der Waals surface area contributed by atoms with Crippen molar-refractivity contribution < 1.29 is 9.53 Å². The second-order valence-corrected chi connectivity index (χ2v) is 6.50. The molecule has 128 valence electrons. The standard InChI is InChI=1S/C16H25BrN4O2/c1-16(2,23-4)11-21-15(18-3)20-9-8-19-14(22)12-6-5-7-13(17)10-12/h5-7,10H,8-9,11H2,1-4H3,(H,19,22)(H2,18,20,21). The van der Waals surface area contributed by atoms with Crippen LogP contribution in [-0.2, 0) is 4.74 Å². The Labute approximate surface area is 146 Å². The Bertz CT molecular complexity index is 547. The molecule has 0 bridgehead atoms. The third-order valence-electron chi connectivity index (χ3n) is 3.25. The molecule has 1 aromatic carbocycles. The van der Waals surface area contributed by atoms with Gasteiger partial charge in [0.05, 0.1) is 5.60 Å². The molecule has 3 N–H and O–H groups in total. The number of hydrogen-bond acceptors (Lipinski definition) is 3. The second kappa shape index (κ2) is 9.52. The van der Waals surface area contributed by atoms with Gasteiger partial charge >= 0.3 is 0 Å². The molecule has 0 fully saturated rings. The number of benzene rings is 1. The van der Waals surface area contributed by atoms with Gasteiger partial charge in [0.1, 0.15) is 0 Å². The van der Waals surface area contributed by atoms with Crippen LogP contribution in [0.4, 0.5) is 0 Å². The van der Waals surface area contributed by atoms with E-state index in [-0.39, 0.29) is 11.5 Å². The number of aliphatic imine (C=N–C) groups is 1. The number of nitrogens with zero attached hydrogens (tertiary/aromatic N) is 1. The van der Waals surface area contributed by atoms with Crippen LogP contribution in [0.15, 0.2) is 33.7 Å². The number of nitrogens with one attached hydrogen (secondary N) is 3. The topological polar surface area (TPSA) is 74.8 Å². The SMILES string of the molecule is CN=C(NCCNC(=O)c1cccc(Br)c1)NCC(C)(C)OC. The monoisotopic (exact) mass is 384 g/mol. The van der Waals surface area contributed by atoms with E-state index >= 15 is 0 Å². The van der Waals surface area contributed by atoms with Crippen LogP contribution in [0.3, 0.4) is 0 Å². The predicted molar refractivity (Wildman–Crippen MR) is 96.9 cm³/mol. The Morgan fingerprint density at radius 1 is 1.26 bits per heavy atom. The minimum Gasteiger partial charge on any atom is -0.377 e. The fourth-order valence-electron chi connectivity index (χ4n) is 1.68. The van der Waals surface area contributed by atoms with E-state index in [2.05, 4.69) is 36.9 Å². The van der Waals surface area contributed by atoms with E-state index in [1.807, 2.05) is 26.0 Å². The Morgan fingerprint density at radius 3 is 2.57 bits per heavy atom. The third-order valence-corrected chi connectivity index (χ3v) is 3.74. The maximum atomic E-state index is 12.0. The summed E-state index contributed by atoms with van der Waals surface area (Å²) >= 11 is 3.35. The van der Waals surface area contributed by atoms with Crippen LogP contribution in [0, 0.1) is 0 Å². The fraction of sp³-hybridized carbons (Fsp3) is 0.500. The first kappa shape index (κ1) is 19.4. The van der Waals surface area contributed by atoms with E-state index in [0.717, 1.165) is 4.47 Å². The minimum absolute atomic E-state index is 0.100. The minimum atomic E-state index is -0.271. The number of carbonyl (C=O) groups excluding carboxylic acids is 1. The number of ether oxygens (including phenoxy) is 1. The Hall–Kier alpha value is -1.60. The Balaban J connectivity index is 2.31.